The highest BCUT2D eigenvalue weighted by Crippen LogP contribution is 2.41. The minimum atomic E-state index is -2.48. The summed E-state index contributed by atoms with van der Waals surface area (Å²) >= 11 is 3.34. The lowest BCUT2D eigenvalue weighted by Gasteiger charge is -2.31. The molecule has 1 fully saturated rings. The summed E-state index contributed by atoms with van der Waals surface area (Å²) in [7, 11) is 1.85. The Balaban J connectivity index is 2.01. The molecule has 18 heavy (non-hydrogen) atoms. The summed E-state index contributed by atoms with van der Waals surface area (Å²) in [5, 5.41) is 3.19. The van der Waals surface area contributed by atoms with Crippen LogP contribution in [0.15, 0.2) is 21.4 Å². The highest BCUT2D eigenvalue weighted by molar-refractivity contribution is 9.10. The third-order valence-corrected chi connectivity index (χ3v) is 4.33. The van der Waals surface area contributed by atoms with E-state index in [2.05, 4.69) is 21.2 Å². The van der Waals surface area contributed by atoms with E-state index in [0.717, 1.165) is 18.4 Å². The SMILES string of the molecule is CNC(CC1CCCC(F)(F)C1)c1ccoc1Br. The van der Waals surface area contributed by atoms with Crippen LogP contribution in [-0.4, -0.2) is 13.0 Å². The van der Waals surface area contributed by atoms with Gasteiger partial charge in [-0.1, -0.05) is 0 Å². The van der Waals surface area contributed by atoms with Crippen molar-refractivity contribution in [3.05, 3.63) is 22.6 Å². The summed E-state index contributed by atoms with van der Waals surface area (Å²) in [5.74, 6) is -2.40. The Bertz CT molecular complexity index is 394. The smallest absolute Gasteiger partial charge is 0.248 e. The van der Waals surface area contributed by atoms with E-state index in [4.69, 9.17) is 4.42 Å². The number of rotatable bonds is 4. The second kappa shape index (κ2) is 5.70. The van der Waals surface area contributed by atoms with Crippen LogP contribution in [0, 0.1) is 5.92 Å². The predicted octanol–water partition coefficient (Wildman–Crippen LogP) is 4.52. The van der Waals surface area contributed by atoms with Gasteiger partial charge < -0.3 is 9.73 Å². The summed E-state index contributed by atoms with van der Waals surface area (Å²) in [6.07, 6.45) is 3.91. The summed E-state index contributed by atoms with van der Waals surface area (Å²) in [6.45, 7) is 0. The number of furan rings is 1. The molecule has 1 heterocycles. The van der Waals surface area contributed by atoms with Crippen LogP contribution in [0.1, 0.15) is 43.7 Å². The number of alkyl halides is 2. The molecule has 0 saturated heterocycles. The van der Waals surface area contributed by atoms with E-state index in [9.17, 15) is 8.78 Å². The van der Waals surface area contributed by atoms with E-state index in [1.165, 1.54) is 0 Å². The lowest BCUT2D eigenvalue weighted by atomic mass is 9.82. The zero-order chi connectivity index (χ0) is 13.2. The normalized spacial score (nSPS) is 25.0. The lowest BCUT2D eigenvalue weighted by Crippen LogP contribution is -2.29. The van der Waals surface area contributed by atoms with Gasteiger partial charge in [0.2, 0.25) is 5.92 Å². The van der Waals surface area contributed by atoms with Gasteiger partial charge in [0.15, 0.2) is 4.67 Å². The zero-order valence-electron chi connectivity index (χ0n) is 10.4. The molecule has 2 rings (SSSR count). The second-order valence-corrected chi connectivity index (χ2v) is 5.77. The molecular weight excluding hydrogens is 304 g/mol. The van der Waals surface area contributed by atoms with Crippen molar-refractivity contribution in [2.24, 2.45) is 5.92 Å². The number of halogens is 3. The van der Waals surface area contributed by atoms with Crippen LogP contribution < -0.4 is 5.32 Å². The summed E-state index contributed by atoms with van der Waals surface area (Å²) in [5.41, 5.74) is 1.01. The maximum Gasteiger partial charge on any atom is 0.248 e. The molecule has 0 aliphatic heterocycles. The molecule has 0 radical (unpaired) electrons. The summed E-state index contributed by atoms with van der Waals surface area (Å²) in [4.78, 5) is 0. The molecule has 1 aromatic heterocycles. The van der Waals surface area contributed by atoms with E-state index in [1.54, 1.807) is 6.26 Å². The van der Waals surface area contributed by atoms with Crippen molar-refractivity contribution in [2.45, 2.75) is 44.1 Å². The van der Waals surface area contributed by atoms with Crippen molar-refractivity contribution >= 4 is 15.9 Å². The molecule has 0 amide bonds. The fraction of sp³-hybridized carbons (Fsp3) is 0.692. The van der Waals surface area contributed by atoms with Gasteiger partial charge in [-0.25, -0.2) is 8.78 Å². The first-order chi connectivity index (χ1) is 8.52. The number of hydrogen-bond acceptors (Lipinski definition) is 2. The fourth-order valence-corrected chi connectivity index (χ4v) is 3.28. The quantitative estimate of drug-likeness (QED) is 0.882. The predicted molar refractivity (Wildman–Crippen MR) is 69.7 cm³/mol. The van der Waals surface area contributed by atoms with Crippen LogP contribution in [0.25, 0.3) is 0 Å². The Morgan fingerprint density at radius 3 is 2.94 bits per heavy atom. The average molecular weight is 322 g/mol. The molecular formula is C13H18BrF2NO. The van der Waals surface area contributed by atoms with Crippen LogP contribution in [-0.2, 0) is 0 Å². The third-order valence-electron chi connectivity index (χ3n) is 3.68. The molecule has 1 saturated carbocycles. The van der Waals surface area contributed by atoms with Crippen LogP contribution in [0.3, 0.4) is 0 Å². The van der Waals surface area contributed by atoms with E-state index >= 15 is 0 Å². The standard InChI is InChI=1S/C13H18BrF2NO/c1-17-11(10-4-6-18-12(10)14)7-9-3-2-5-13(15,16)8-9/h4,6,9,11,17H,2-3,5,7-8H2,1H3. The molecule has 2 nitrogen and oxygen atoms in total. The van der Waals surface area contributed by atoms with Gasteiger partial charge in [0, 0.05) is 24.4 Å². The molecule has 0 bridgehead atoms. The highest BCUT2D eigenvalue weighted by Gasteiger charge is 2.37. The van der Waals surface area contributed by atoms with Crippen molar-refractivity contribution < 1.29 is 13.2 Å². The Hall–Kier alpha value is -0.420. The fourth-order valence-electron chi connectivity index (χ4n) is 2.76. The van der Waals surface area contributed by atoms with Crippen LogP contribution in [0.5, 0.6) is 0 Å². The molecule has 0 aromatic carbocycles. The Labute approximate surface area is 114 Å². The minimum Gasteiger partial charge on any atom is -0.457 e. The largest absolute Gasteiger partial charge is 0.457 e. The van der Waals surface area contributed by atoms with Crippen molar-refractivity contribution in [1.29, 1.82) is 0 Å². The van der Waals surface area contributed by atoms with Gasteiger partial charge in [0.25, 0.3) is 0 Å². The van der Waals surface area contributed by atoms with Crippen LogP contribution in [0.2, 0.25) is 0 Å². The van der Waals surface area contributed by atoms with Crippen LogP contribution >= 0.6 is 15.9 Å². The number of hydrogen-bond donors (Lipinski definition) is 1. The topological polar surface area (TPSA) is 25.2 Å². The van der Waals surface area contributed by atoms with Gasteiger partial charge in [-0.15, -0.1) is 0 Å². The molecule has 1 aromatic rings. The van der Waals surface area contributed by atoms with Gasteiger partial charge in [-0.05, 0) is 54.2 Å². The highest BCUT2D eigenvalue weighted by atomic mass is 79.9. The lowest BCUT2D eigenvalue weighted by molar-refractivity contribution is -0.0547. The van der Waals surface area contributed by atoms with Gasteiger partial charge in [-0.2, -0.15) is 0 Å². The zero-order valence-corrected chi connectivity index (χ0v) is 12.0. The van der Waals surface area contributed by atoms with E-state index in [-0.39, 0.29) is 24.8 Å². The van der Waals surface area contributed by atoms with E-state index < -0.39 is 5.92 Å². The van der Waals surface area contributed by atoms with Gasteiger partial charge in [-0.3, -0.25) is 0 Å². The molecule has 1 N–H and O–H groups in total. The monoisotopic (exact) mass is 321 g/mol. The molecule has 0 spiro atoms. The van der Waals surface area contributed by atoms with E-state index in [0.29, 0.717) is 11.1 Å². The van der Waals surface area contributed by atoms with Crippen LogP contribution in [0.4, 0.5) is 8.78 Å². The Morgan fingerprint density at radius 2 is 2.39 bits per heavy atom. The first kappa shape index (κ1) is 14.0. The Kier molecular flexibility index (Phi) is 4.43. The molecule has 2 unspecified atom stereocenters. The van der Waals surface area contributed by atoms with Crippen molar-refractivity contribution in [1.82, 2.24) is 5.32 Å². The molecule has 5 heteroatoms. The van der Waals surface area contributed by atoms with Gasteiger partial charge in [0.1, 0.15) is 0 Å². The van der Waals surface area contributed by atoms with Crippen molar-refractivity contribution in [2.75, 3.05) is 7.05 Å². The van der Waals surface area contributed by atoms with E-state index in [1.807, 2.05) is 13.1 Å². The molecule has 1 aliphatic carbocycles. The number of nitrogens with one attached hydrogen (secondary N) is 1. The third kappa shape index (κ3) is 3.32. The summed E-state index contributed by atoms with van der Waals surface area (Å²) < 4.78 is 32.7. The first-order valence-electron chi connectivity index (χ1n) is 6.30. The van der Waals surface area contributed by atoms with Gasteiger partial charge in [0.05, 0.1) is 6.26 Å². The first-order valence-corrected chi connectivity index (χ1v) is 7.09. The van der Waals surface area contributed by atoms with Crippen molar-refractivity contribution in [3.63, 3.8) is 0 Å². The molecule has 2 atom stereocenters. The maximum atomic E-state index is 13.4. The minimum absolute atomic E-state index is 0.0145. The molecule has 102 valence electrons. The second-order valence-electron chi connectivity index (χ2n) is 5.04. The Morgan fingerprint density at radius 1 is 1.61 bits per heavy atom. The average Bonchev–Trinajstić information content (AvgIpc) is 2.71. The summed E-state index contributed by atoms with van der Waals surface area (Å²) in [6, 6.07) is 1.95. The molecule has 1 aliphatic rings. The van der Waals surface area contributed by atoms with Crippen molar-refractivity contribution in [3.8, 4) is 0 Å². The van der Waals surface area contributed by atoms with Gasteiger partial charge >= 0.3 is 0 Å². The maximum absolute atomic E-state index is 13.4.